The number of fused-ring (bicyclic) bond motifs is 1. The van der Waals surface area contributed by atoms with Crippen molar-refractivity contribution in [3.8, 4) is 11.1 Å². The Hall–Kier alpha value is -3.67. The minimum absolute atomic E-state index is 0.0545. The molecular weight excluding hydrogens is 364 g/mol. The number of hydrogen-bond donors (Lipinski definition) is 0. The Morgan fingerprint density at radius 3 is 2.48 bits per heavy atom. The molecule has 4 aromatic rings. The molecule has 3 aromatic heterocycles. The van der Waals surface area contributed by atoms with Gasteiger partial charge in [-0.15, -0.1) is 0 Å². The number of benzene rings is 1. The molecular formula is C23H20N4O2. The summed E-state index contributed by atoms with van der Waals surface area (Å²) in [4.78, 5) is 25.6. The number of nitrogens with zero attached hydrogens (tertiary/aromatic N) is 4. The zero-order valence-corrected chi connectivity index (χ0v) is 15.9. The zero-order valence-electron chi connectivity index (χ0n) is 15.9. The van der Waals surface area contributed by atoms with Crippen molar-refractivity contribution in [3.63, 3.8) is 0 Å². The van der Waals surface area contributed by atoms with Crippen LogP contribution in [0.2, 0.25) is 0 Å². The third-order valence-electron chi connectivity index (χ3n) is 5.32. The highest BCUT2D eigenvalue weighted by Crippen LogP contribution is 2.29. The third kappa shape index (κ3) is 3.33. The van der Waals surface area contributed by atoms with Gasteiger partial charge in [0, 0.05) is 49.5 Å². The van der Waals surface area contributed by atoms with Crippen LogP contribution < -0.4 is 4.90 Å². The van der Waals surface area contributed by atoms with Gasteiger partial charge >= 0.3 is 0 Å². The summed E-state index contributed by atoms with van der Waals surface area (Å²) >= 11 is 0. The second-order valence-electron chi connectivity index (χ2n) is 7.04. The SMILES string of the molecule is O=C(c1ccco1)N1CCN(c2ccc3cccc(-c4ccncc4)c3n2)CC1. The second-order valence-corrected chi connectivity index (χ2v) is 7.04. The van der Waals surface area contributed by atoms with E-state index in [4.69, 9.17) is 9.40 Å². The predicted molar refractivity (Wildman–Crippen MR) is 112 cm³/mol. The summed E-state index contributed by atoms with van der Waals surface area (Å²) in [6, 6.07) is 17.8. The maximum atomic E-state index is 12.5. The van der Waals surface area contributed by atoms with Gasteiger partial charge < -0.3 is 14.2 Å². The summed E-state index contributed by atoms with van der Waals surface area (Å²) < 4.78 is 5.24. The first-order valence-electron chi connectivity index (χ1n) is 9.67. The van der Waals surface area contributed by atoms with Gasteiger partial charge in [0.15, 0.2) is 5.76 Å². The molecule has 4 heterocycles. The molecule has 5 rings (SSSR count). The molecule has 0 atom stereocenters. The quantitative estimate of drug-likeness (QED) is 0.537. The van der Waals surface area contributed by atoms with Crippen molar-refractivity contribution in [1.82, 2.24) is 14.9 Å². The van der Waals surface area contributed by atoms with Crippen molar-refractivity contribution in [2.75, 3.05) is 31.1 Å². The lowest BCUT2D eigenvalue weighted by molar-refractivity contribution is 0.0714. The molecule has 6 heteroatoms. The Bertz CT molecular complexity index is 1130. The lowest BCUT2D eigenvalue weighted by Crippen LogP contribution is -2.49. The largest absolute Gasteiger partial charge is 0.459 e. The highest BCUT2D eigenvalue weighted by Gasteiger charge is 2.24. The molecule has 1 aromatic carbocycles. The van der Waals surface area contributed by atoms with Crippen molar-refractivity contribution in [2.24, 2.45) is 0 Å². The van der Waals surface area contributed by atoms with Gasteiger partial charge in [-0.25, -0.2) is 4.98 Å². The van der Waals surface area contributed by atoms with Crippen molar-refractivity contribution in [1.29, 1.82) is 0 Å². The number of para-hydroxylation sites is 1. The fraction of sp³-hybridized carbons (Fsp3) is 0.174. The lowest BCUT2D eigenvalue weighted by atomic mass is 10.0. The summed E-state index contributed by atoms with van der Waals surface area (Å²) in [6.07, 6.45) is 5.13. The number of carbonyl (C=O) groups is 1. The molecule has 1 saturated heterocycles. The first-order valence-corrected chi connectivity index (χ1v) is 9.67. The number of piperazine rings is 1. The van der Waals surface area contributed by atoms with E-state index in [0.717, 1.165) is 40.9 Å². The molecule has 29 heavy (non-hydrogen) atoms. The van der Waals surface area contributed by atoms with Crippen LogP contribution in [-0.4, -0.2) is 47.0 Å². The molecule has 0 radical (unpaired) electrons. The number of pyridine rings is 2. The average molecular weight is 384 g/mol. The van der Waals surface area contributed by atoms with Crippen LogP contribution in [0.25, 0.3) is 22.0 Å². The maximum absolute atomic E-state index is 12.5. The van der Waals surface area contributed by atoms with E-state index in [9.17, 15) is 4.79 Å². The van der Waals surface area contributed by atoms with Gasteiger partial charge in [-0.1, -0.05) is 18.2 Å². The lowest BCUT2D eigenvalue weighted by Gasteiger charge is -2.35. The van der Waals surface area contributed by atoms with Crippen LogP contribution in [0.15, 0.2) is 77.7 Å². The van der Waals surface area contributed by atoms with E-state index in [2.05, 4.69) is 40.2 Å². The molecule has 1 amide bonds. The van der Waals surface area contributed by atoms with Gasteiger partial charge in [-0.2, -0.15) is 0 Å². The third-order valence-corrected chi connectivity index (χ3v) is 5.32. The van der Waals surface area contributed by atoms with Crippen LogP contribution in [-0.2, 0) is 0 Å². The molecule has 6 nitrogen and oxygen atoms in total. The molecule has 0 aliphatic carbocycles. The molecule has 1 aliphatic heterocycles. The number of anilines is 1. The normalized spacial score (nSPS) is 14.3. The fourth-order valence-electron chi connectivity index (χ4n) is 3.77. The first-order chi connectivity index (χ1) is 14.3. The Morgan fingerprint density at radius 1 is 0.897 bits per heavy atom. The van der Waals surface area contributed by atoms with Crippen LogP contribution in [0, 0.1) is 0 Å². The van der Waals surface area contributed by atoms with Crippen LogP contribution in [0.4, 0.5) is 5.82 Å². The average Bonchev–Trinajstić information content (AvgIpc) is 3.33. The van der Waals surface area contributed by atoms with E-state index in [1.807, 2.05) is 17.0 Å². The topological polar surface area (TPSA) is 62.5 Å². The number of hydrogen-bond acceptors (Lipinski definition) is 5. The zero-order chi connectivity index (χ0) is 19.6. The fourth-order valence-corrected chi connectivity index (χ4v) is 3.77. The molecule has 0 N–H and O–H groups in total. The number of furan rings is 1. The molecule has 0 bridgehead atoms. The van der Waals surface area contributed by atoms with Crippen LogP contribution >= 0.6 is 0 Å². The Balaban J connectivity index is 1.39. The van der Waals surface area contributed by atoms with E-state index in [1.54, 1.807) is 24.5 Å². The summed E-state index contributed by atoms with van der Waals surface area (Å²) in [5.74, 6) is 1.27. The van der Waals surface area contributed by atoms with E-state index < -0.39 is 0 Å². The van der Waals surface area contributed by atoms with Gasteiger partial charge in [0.25, 0.3) is 5.91 Å². The van der Waals surface area contributed by atoms with Crippen molar-refractivity contribution < 1.29 is 9.21 Å². The smallest absolute Gasteiger partial charge is 0.289 e. The monoisotopic (exact) mass is 384 g/mol. The standard InChI is InChI=1S/C23H20N4O2/c28-23(20-5-2-16-29-20)27-14-12-26(13-15-27)21-7-6-18-3-1-4-19(22(18)25-21)17-8-10-24-11-9-17/h1-11,16H,12-15H2. The van der Waals surface area contributed by atoms with Crippen molar-refractivity contribution in [2.45, 2.75) is 0 Å². The minimum Gasteiger partial charge on any atom is -0.459 e. The summed E-state index contributed by atoms with van der Waals surface area (Å²) in [7, 11) is 0. The number of aromatic nitrogens is 2. The van der Waals surface area contributed by atoms with Gasteiger partial charge in [0.1, 0.15) is 5.82 Å². The Morgan fingerprint density at radius 2 is 1.72 bits per heavy atom. The van der Waals surface area contributed by atoms with Crippen LogP contribution in [0.3, 0.4) is 0 Å². The van der Waals surface area contributed by atoms with Gasteiger partial charge in [-0.3, -0.25) is 9.78 Å². The number of rotatable bonds is 3. The molecule has 144 valence electrons. The molecule has 0 unspecified atom stereocenters. The molecule has 1 aliphatic rings. The highest BCUT2D eigenvalue weighted by molar-refractivity contribution is 5.94. The van der Waals surface area contributed by atoms with Gasteiger partial charge in [0.2, 0.25) is 0 Å². The molecule has 0 saturated carbocycles. The summed E-state index contributed by atoms with van der Waals surface area (Å²) in [5, 5.41) is 1.11. The number of carbonyl (C=O) groups excluding carboxylic acids is 1. The number of amides is 1. The Kier molecular flexibility index (Phi) is 4.44. The highest BCUT2D eigenvalue weighted by atomic mass is 16.3. The Labute approximate surface area is 168 Å². The second kappa shape index (κ2) is 7.39. The van der Waals surface area contributed by atoms with Crippen molar-refractivity contribution >= 4 is 22.6 Å². The van der Waals surface area contributed by atoms with E-state index in [0.29, 0.717) is 18.8 Å². The summed E-state index contributed by atoms with van der Waals surface area (Å²) in [6.45, 7) is 2.77. The van der Waals surface area contributed by atoms with Crippen molar-refractivity contribution in [3.05, 3.63) is 79.0 Å². The van der Waals surface area contributed by atoms with E-state index >= 15 is 0 Å². The first kappa shape index (κ1) is 17.4. The van der Waals surface area contributed by atoms with Gasteiger partial charge in [-0.05, 0) is 42.0 Å². The summed E-state index contributed by atoms with van der Waals surface area (Å²) in [5.41, 5.74) is 3.17. The van der Waals surface area contributed by atoms with Gasteiger partial charge in [0.05, 0.1) is 11.8 Å². The molecule has 0 spiro atoms. The predicted octanol–water partition coefficient (Wildman–Crippen LogP) is 3.85. The maximum Gasteiger partial charge on any atom is 0.289 e. The minimum atomic E-state index is -0.0545. The van der Waals surface area contributed by atoms with Crippen LogP contribution in [0.1, 0.15) is 10.6 Å². The molecule has 1 fully saturated rings. The van der Waals surface area contributed by atoms with E-state index in [1.165, 1.54) is 6.26 Å². The van der Waals surface area contributed by atoms with E-state index in [-0.39, 0.29) is 5.91 Å². The van der Waals surface area contributed by atoms with Crippen LogP contribution in [0.5, 0.6) is 0 Å².